The van der Waals surface area contributed by atoms with Gasteiger partial charge in [0.15, 0.2) is 0 Å². The molecule has 61 heavy (non-hydrogen) atoms. The number of hydrogen-bond acceptors (Lipinski definition) is 2. The summed E-state index contributed by atoms with van der Waals surface area (Å²) in [6.45, 7) is 5.06. The van der Waals surface area contributed by atoms with Crippen LogP contribution in [0.5, 0.6) is 0 Å². The van der Waals surface area contributed by atoms with E-state index >= 15 is 0 Å². The zero-order chi connectivity index (χ0) is 40.7. The highest BCUT2D eigenvalue weighted by Gasteiger charge is 2.56. The number of hydrogen-bond donors (Lipinski definition) is 0. The third-order valence-corrected chi connectivity index (χ3v) is 14.8. The van der Waals surface area contributed by atoms with Crippen LogP contribution in [0.1, 0.15) is 50.7 Å². The van der Waals surface area contributed by atoms with Gasteiger partial charge in [-0.25, -0.2) is 0 Å². The highest BCUT2D eigenvalue weighted by molar-refractivity contribution is 6.13. The van der Waals surface area contributed by atoms with Gasteiger partial charge in [-0.2, -0.15) is 0 Å². The Kier molecular flexibility index (Phi) is 8.46. The van der Waals surface area contributed by atoms with E-state index in [0.29, 0.717) is 11.8 Å². The molecule has 0 amide bonds. The number of nitrogens with zero attached hydrogens (tertiary/aromatic N) is 1. The molecule has 3 aliphatic carbocycles. The van der Waals surface area contributed by atoms with E-state index in [2.05, 4.69) is 201 Å². The average Bonchev–Trinajstić information content (AvgIpc) is 3.83. The van der Waals surface area contributed by atoms with Crippen molar-refractivity contribution in [3.8, 4) is 44.5 Å². The first-order chi connectivity index (χ1) is 30.0. The molecule has 1 heterocycles. The van der Waals surface area contributed by atoms with E-state index in [-0.39, 0.29) is 5.41 Å². The quantitative estimate of drug-likeness (QED) is 0.167. The van der Waals surface area contributed by atoms with E-state index in [0.717, 1.165) is 50.8 Å². The van der Waals surface area contributed by atoms with Crippen LogP contribution in [0.3, 0.4) is 0 Å². The molecule has 5 atom stereocenters. The van der Waals surface area contributed by atoms with Crippen LogP contribution in [0, 0.1) is 23.7 Å². The molecule has 1 spiro atoms. The predicted molar refractivity (Wildman–Crippen MR) is 255 cm³/mol. The fraction of sp³-hybridized carbons (Fsp3) is 0.186. The van der Waals surface area contributed by atoms with Crippen LogP contribution in [-0.2, 0) is 5.41 Å². The van der Waals surface area contributed by atoms with Crippen molar-refractivity contribution in [2.45, 2.75) is 44.9 Å². The number of fused-ring (bicyclic) bond motifs is 11. The third kappa shape index (κ3) is 5.68. The van der Waals surface area contributed by atoms with Crippen molar-refractivity contribution < 1.29 is 4.42 Å². The topological polar surface area (TPSA) is 16.4 Å². The van der Waals surface area contributed by atoms with E-state index in [1.807, 2.05) is 6.07 Å². The van der Waals surface area contributed by atoms with E-state index in [1.54, 1.807) is 11.1 Å². The Bertz CT molecular complexity index is 3080. The Morgan fingerprint density at radius 1 is 0.459 bits per heavy atom. The van der Waals surface area contributed by atoms with E-state index in [9.17, 15) is 0 Å². The van der Waals surface area contributed by atoms with Crippen LogP contribution in [0.4, 0.5) is 17.1 Å². The molecular weight excluding hydrogens is 739 g/mol. The van der Waals surface area contributed by atoms with Gasteiger partial charge in [-0.3, -0.25) is 0 Å². The minimum absolute atomic E-state index is 0.103. The third-order valence-electron chi connectivity index (χ3n) is 14.8. The molecule has 8 aromatic carbocycles. The largest absolute Gasteiger partial charge is 0.456 e. The van der Waals surface area contributed by atoms with Crippen LogP contribution in [0.2, 0.25) is 0 Å². The van der Waals surface area contributed by atoms with Crippen molar-refractivity contribution in [1.82, 2.24) is 0 Å². The van der Waals surface area contributed by atoms with Gasteiger partial charge in [0.1, 0.15) is 11.2 Å². The molecule has 2 saturated carbocycles. The first-order valence-corrected chi connectivity index (χ1v) is 22.3. The van der Waals surface area contributed by atoms with Gasteiger partial charge < -0.3 is 9.32 Å². The molecule has 0 saturated heterocycles. The first kappa shape index (κ1) is 36.2. The van der Waals surface area contributed by atoms with E-state index in [1.165, 1.54) is 70.2 Å². The lowest BCUT2D eigenvalue weighted by Crippen LogP contribution is -2.49. The monoisotopic (exact) mass is 787 g/mol. The average molecular weight is 788 g/mol. The summed E-state index contributed by atoms with van der Waals surface area (Å²) in [5.41, 5.74) is 18.6. The summed E-state index contributed by atoms with van der Waals surface area (Å²) in [6.07, 6.45) is 5.44. The lowest BCUT2D eigenvalue weighted by molar-refractivity contribution is 0.0426. The SMILES string of the molecule is CC1CC2CC(C)C3(c4ccccc4-c4cc(-c5ccccc5-c5ccc(N(c6ccc(-c7ccccc7)cc6)c6cccc7oc8ccccc8c67)cc5)ccc43)C(C1)C2. The normalized spacial score (nSPS) is 21.4. The minimum atomic E-state index is 0.103. The second kappa shape index (κ2) is 14.2. The molecule has 2 nitrogen and oxygen atoms in total. The smallest absolute Gasteiger partial charge is 0.137 e. The molecule has 2 bridgehead atoms. The number of anilines is 3. The molecule has 0 N–H and O–H groups in total. The second-order valence-corrected chi connectivity index (χ2v) is 18.3. The molecule has 9 aromatic rings. The van der Waals surface area contributed by atoms with Crippen molar-refractivity contribution in [2.24, 2.45) is 23.7 Å². The molecule has 1 aromatic heterocycles. The van der Waals surface area contributed by atoms with E-state index in [4.69, 9.17) is 4.42 Å². The highest BCUT2D eigenvalue weighted by Crippen LogP contribution is 2.64. The van der Waals surface area contributed by atoms with Crippen LogP contribution in [-0.4, -0.2) is 0 Å². The number of rotatable bonds is 6. The maximum Gasteiger partial charge on any atom is 0.137 e. The van der Waals surface area contributed by atoms with Crippen LogP contribution in [0.15, 0.2) is 192 Å². The molecule has 3 aliphatic rings. The van der Waals surface area contributed by atoms with Gasteiger partial charge in [0.05, 0.1) is 11.1 Å². The fourth-order valence-electron chi connectivity index (χ4n) is 12.5. The molecule has 296 valence electrons. The van der Waals surface area contributed by atoms with Crippen molar-refractivity contribution >= 4 is 39.0 Å². The molecule has 0 radical (unpaired) electrons. The molecule has 12 rings (SSSR count). The van der Waals surface area contributed by atoms with Crippen LogP contribution >= 0.6 is 0 Å². The van der Waals surface area contributed by atoms with Crippen molar-refractivity contribution in [3.63, 3.8) is 0 Å². The van der Waals surface area contributed by atoms with Gasteiger partial charge in [0, 0.05) is 22.2 Å². The van der Waals surface area contributed by atoms with Gasteiger partial charge in [-0.15, -0.1) is 0 Å². The molecule has 2 fully saturated rings. The fourth-order valence-corrected chi connectivity index (χ4v) is 12.5. The number of benzene rings is 8. The highest BCUT2D eigenvalue weighted by atomic mass is 16.3. The Labute approximate surface area is 359 Å². The van der Waals surface area contributed by atoms with Gasteiger partial charge in [0.2, 0.25) is 0 Å². The van der Waals surface area contributed by atoms with Gasteiger partial charge in [-0.1, -0.05) is 153 Å². The summed E-state index contributed by atoms with van der Waals surface area (Å²) in [6, 6.07) is 69.3. The summed E-state index contributed by atoms with van der Waals surface area (Å²) < 4.78 is 6.40. The summed E-state index contributed by atoms with van der Waals surface area (Å²) in [5.74, 6) is 3.00. The Hall–Kier alpha value is -6.64. The summed E-state index contributed by atoms with van der Waals surface area (Å²) in [4.78, 5) is 2.38. The van der Waals surface area contributed by atoms with Crippen molar-refractivity contribution in [3.05, 3.63) is 199 Å². The molecule has 5 unspecified atom stereocenters. The van der Waals surface area contributed by atoms with Crippen molar-refractivity contribution in [1.29, 1.82) is 0 Å². The van der Waals surface area contributed by atoms with Gasteiger partial charge in [-0.05, 0) is 154 Å². The van der Waals surface area contributed by atoms with Crippen LogP contribution < -0.4 is 4.90 Å². The Balaban J connectivity index is 0.953. The molecule has 2 heteroatoms. The second-order valence-electron chi connectivity index (χ2n) is 18.3. The van der Waals surface area contributed by atoms with E-state index < -0.39 is 0 Å². The van der Waals surface area contributed by atoms with Crippen LogP contribution in [0.25, 0.3) is 66.4 Å². The summed E-state index contributed by atoms with van der Waals surface area (Å²) in [7, 11) is 0. The van der Waals surface area contributed by atoms with Gasteiger partial charge in [0.25, 0.3) is 0 Å². The standard InChI is InChI=1S/C59H49NO/c1-38-33-40-35-39(2)59(45(34-38)36-40)53-19-10-8-17-50(53)52-37-44(27-32-54(52)59)49-16-7-6-15-48(49)43-25-30-47(31-26-43)60(46-28-23-42(24-29-46)41-13-4-3-5-14-41)55-20-12-22-57-58(55)51-18-9-11-21-56(51)61-57/h3-32,37-40,45H,33-36H2,1-2H3. The number of para-hydroxylation sites is 1. The molecule has 0 aliphatic heterocycles. The number of furan rings is 1. The summed E-state index contributed by atoms with van der Waals surface area (Å²) in [5, 5.41) is 2.22. The van der Waals surface area contributed by atoms with Gasteiger partial charge >= 0.3 is 0 Å². The van der Waals surface area contributed by atoms with Crippen molar-refractivity contribution in [2.75, 3.05) is 4.90 Å². The maximum atomic E-state index is 6.40. The zero-order valence-corrected chi connectivity index (χ0v) is 34.9. The first-order valence-electron chi connectivity index (χ1n) is 22.3. The minimum Gasteiger partial charge on any atom is -0.456 e. The Morgan fingerprint density at radius 2 is 1.07 bits per heavy atom. The maximum absolute atomic E-state index is 6.40. The zero-order valence-electron chi connectivity index (χ0n) is 34.9. The Morgan fingerprint density at radius 3 is 1.85 bits per heavy atom. The predicted octanol–water partition coefficient (Wildman–Crippen LogP) is 16.4. The lowest BCUT2D eigenvalue weighted by Gasteiger charge is -2.54. The summed E-state index contributed by atoms with van der Waals surface area (Å²) >= 11 is 0. The molecular formula is C59H49NO. The lowest BCUT2D eigenvalue weighted by atomic mass is 9.49.